The number of benzene rings is 3. The van der Waals surface area contributed by atoms with Crippen LogP contribution in [0.1, 0.15) is 16.7 Å². The van der Waals surface area contributed by atoms with Crippen LogP contribution < -0.4 is 14.5 Å². The predicted molar refractivity (Wildman–Crippen MR) is 119 cm³/mol. The predicted octanol–water partition coefficient (Wildman–Crippen LogP) is 5.69. The number of H-pyrrole nitrogens is 1. The molecule has 0 unspecified atom stereocenters. The van der Waals surface area contributed by atoms with E-state index in [1.165, 1.54) is 12.1 Å². The Kier molecular flexibility index (Phi) is 6.41. The van der Waals surface area contributed by atoms with E-state index in [4.69, 9.17) is 9.99 Å². The zero-order valence-electron chi connectivity index (χ0n) is 17.8. The lowest BCUT2D eigenvalue weighted by Crippen LogP contribution is -2.26. The minimum absolute atomic E-state index is 0.339. The first-order valence-electron chi connectivity index (χ1n) is 10.2. The Morgan fingerprint density at radius 3 is 2.24 bits per heavy atom. The number of fused-ring (bicyclic) bond motifs is 1. The third-order valence-corrected chi connectivity index (χ3v) is 5.33. The molecule has 4 rings (SSSR count). The number of anilines is 1. The van der Waals surface area contributed by atoms with E-state index in [2.05, 4.69) is 14.9 Å². The van der Waals surface area contributed by atoms with Crippen molar-refractivity contribution in [2.24, 2.45) is 0 Å². The van der Waals surface area contributed by atoms with E-state index in [0.717, 1.165) is 34.3 Å². The van der Waals surface area contributed by atoms with Crippen molar-refractivity contribution < 1.29 is 28.1 Å². The molecule has 4 aromatic rings. The van der Waals surface area contributed by atoms with Gasteiger partial charge in [-0.2, -0.15) is 13.2 Å². The molecule has 9 heteroatoms. The number of rotatable bonds is 8. The average Bonchev–Trinajstić information content (AvgIpc) is 3.25. The van der Waals surface area contributed by atoms with Crippen LogP contribution in [0.15, 0.2) is 66.7 Å². The van der Waals surface area contributed by atoms with E-state index in [-0.39, 0.29) is 0 Å². The summed E-state index contributed by atoms with van der Waals surface area (Å²) >= 11 is 0. The van der Waals surface area contributed by atoms with Crippen molar-refractivity contribution >= 4 is 17.0 Å². The fourth-order valence-electron chi connectivity index (χ4n) is 3.51. The molecule has 33 heavy (non-hydrogen) atoms. The molecular formula is C24H22F3N3O3. The fourth-order valence-corrected chi connectivity index (χ4v) is 3.51. The van der Waals surface area contributed by atoms with E-state index >= 15 is 0 Å². The maximum Gasteiger partial charge on any atom is 0.416 e. The van der Waals surface area contributed by atoms with Gasteiger partial charge < -0.3 is 19.5 Å². The molecule has 0 aliphatic heterocycles. The number of imidazole rings is 1. The summed E-state index contributed by atoms with van der Waals surface area (Å²) in [6.45, 7) is 0.921. The van der Waals surface area contributed by atoms with Crippen LogP contribution in [0.2, 0.25) is 0 Å². The summed E-state index contributed by atoms with van der Waals surface area (Å²) in [5, 5.41) is 8.74. The van der Waals surface area contributed by atoms with E-state index in [0.29, 0.717) is 37.0 Å². The third kappa shape index (κ3) is 5.38. The van der Waals surface area contributed by atoms with Crippen molar-refractivity contribution in [2.75, 3.05) is 18.6 Å². The van der Waals surface area contributed by atoms with Gasteiger partial charge in [0.25, 0.3) is 0 Å². The second-order valence-corrected chi connectivity index (χ2v) is 7.54. The highest BCUT2D eigenvalue weighted by atomic mass is 19.4. The molecule has 0 spiro atoms. The normalized spacial score (nSPS) is 11.5. The Balaban J connectivity index is 1.59. The van der Waals surface area contributed by atoms with Crippen molar-refractivity contribution in [3.8, 4) is 11.5 Å². The lowest BCUT2D eigenvalue weighted by Gasteiger charge is -2.22. The van der Waals surface area contributed by atoms with Crippen molar-refractivity contribution in [1.29, 1.82) is 0 Å². The smallest absolute Gasteiger partial charge is 0.416 e. The molecule has 0 bridgehead atoms. The zero-order chi connectivity index (χ0) is 23.4. The first-order chi connectivity index (χ1) is 15.9. The van der Waals surface area contributed by atoms with Gasteiger partial charge in [-0.3, -0.25) is 0 Å². The molecule has 1 aromatic heterocycles. The summed E-state index contributed by atoms with van der Waals surface area (Å²) in [4.78, 5) is 14.1. The van der Waals surface area contributed by atoms with Crippen LogP contribution in [0.25, 0.3) is 11.0 Å². The van der Waals surface area contributed by atoms with Gasteiger partial charge in [-0.15, -0.1) is 0 Å². The molecule has 172 valence electrons. The number of hydrogen-bond acceptors (Lipinski definition) is 5. The number of ether oxygens (including phenoxy) is 1. The highest BCUT2D eigenvalue weighted by molar-refractivity contribution is 5.79. The van der Waals surface area contributed by atoms with Gasteiger partial charge in [0, 0.05) is 19.2 Å². The Bertz CT molecular complexity index is 1210. The number of nitrogens with zero attached hydrogens (tertiary/aromatic N) is 2. The molecule has 6 nitrogen and oxygen atoms in total. The second kappa shape index (κ2) is 9.41. The molecule has 0 saturated heterocycles. The van der Waals surface area contributed by atoms with Crippen molar-refractivity contribution in [3.63, 3.8) is 0 Å². The summed E-state index contributed by atoms with van der Waals surface area (Å²) in [6, 6.07) is 17.6. The second-order valence-electron chi connectivity index (χ2n) is 7.54. The molecule has 0 fully saturated rings. The molecule has 1 heterocycles. The van der Waals surface area contributed by atoms with E-state index in [9.17, 15) is 13.2 Å². The molecule has 0 atom stereocenters. The minimum Gasteiger partial charge on any atom is -0.497 e. The van der Waals surface area contributed by atoms with Gasteiger partial charge in [-0.1, -0.05) is 24.3 Å². The van der Waals surface area contributed by atoms with Crippen molar-refractivity contribution in [1.82, 2.24) is 9.97 Å². The lowest BCUT2D eigenvalue weighted by atomic mass is 10.1. The SMILES string of the molecule is COc1ccc2nc(N(CCc3ccc(OO)cc3)Cc3ccc(C(F)(F)F)cc3)[nH]c2c1. The van der Waals surface area contributed by atoms with Crippen LogP contribution >= 0.6 is 0 Å². The van der Waals surface area contributed by atoms with Gasteiger partial charge in [-0.25, -0.2) is 10.2 Å². The molecule has 2 N–H and O–H groups in total. The van der Waals surface area contributed by atoms with Gasteiger partial charge in [0.05, 0.1) is 23.7 Å². The van der Waals surface area contributed by atoms with Gasteiger partial charge >= 0.3 is 6.18 Å². The van der Waals surface area contributed by atoms with Gasteiger partial charge in [0.15, 0.2) is 5.75 Å². The summed E-state index contributed by atoms with van der Waals surface area (Å²) in [5.74, 6) is 1.64. The van der Waals surface area contributed by atoms with Crippen LogP contribution in [0.4, 0.5) is 19.1 Å². The average molecular weight is 457 g/mol. The number of methoxy groups -OCH3 is 1. The summed E-state index contributed by atoms with van der Waals surface area (Å²) in [7, 11) is 1.59. The Morgan fingerprint density at radius 2 is 1.61 bits per heavy atom. The van der Waals surface area contributed by atoms with Crippen LogP contribution in [0.5, 0.6) is 11.5 Å². The maximum absolute atomic E-state index is 12.9. The van der Waals surface area contributed by atoms with Crippen LogP contribution in [-0.2, 0) is 19.1 Å². The Labute approximate surface area is 188 Å². The molecular weight excluding hydrogens is 435 g/mol. The molecule has 0 aliphatic carbocycles. The molecule has 0 saturated carbocycles. The quantitative estimate of drug-likeness (QED) is 0.263. The van der Waals surface area contributed by atoms with Gasteiger partial charge in [0.1, 0.15) is 5.75 Å². The van der Waals surface area contributed by atoms with Gasteiger partial charge in [0.2, 0.25) is 5.95 Å². The molecule has 0 aliphatic rings. The number of halogens is 3. The number of nitrogens with one attached hydrogen (secondary N) is 1. The minimum atomic E-state index is -4.37. The number of hydrogen-bond donors (Lipinski definition) is 2. The molecule has 0 radical (unpaired) electrons. The largest absolute Gasteiger partial charge is 0.497 e. The first-order valence-corrected chi connectivity index (χ1v) is 10.2. The molecule has 0 amide bonds. The summed E-state index contributed by atoms with van der Waals surface area (Å²) in [6.07, 6.45) is -3.73. The third-order valence-electron chi connectivity index (χ3n) is 5.33. The number of alkyl halides is 3. The van der Waals surface area contributed by atoms with Gasteiger partial charge in [-0.05, 0) is 53.9 Å². The Morgan fingerprint density at radius 1 is 0.939 bits per heavy atom. The van der Waals surface area contributed by atoms with Crippen LogP contribution in [0, 0.1) is 0 Å². The standard InChI is InChI=1S/C24H22F3N3O3/c1-32-20-10-11-21-22(14-20)29-23(28-21)30(13-12-16-4-8-19(33-31)9-5-16)15-17-2-6-18(7-3-17)24(25,26)27/h2-11,14,31H,12-13,15H2,1H3,(H,28,29). The fraction of sp³-hybridized carbons (Fsp3) is 0.208. The zero-order valence-corrected chi connectivity index (χ0v) is 17.8. The maximum atomic E-state index is 12.9. The highest BCUT2D eigenvalue weighted by Gasteiger charge is 2.30. The Hall–Kier alpha value is -3.72. The summed E-state index contributed by atoms with van der Waals surface area (Å²) in [5.41, 5.74) is 2.61. The van der Waals surface area contributed by atoms with E-state index < -0.39 is 11.7 Å². The monoisotopic (exact) mass is 457 g/mol. The van der Waals surface area contributed by atoms with E-state index in [1.54, 1.807) is 19.2 Å². The number of aromatic nitrogens is 2. The van der Waals surface area contributed by atoms with Crippen LogP contribution in [-0.4, -0.2) is 28.9 Å². The lowest BCUT2D eigenvalue weighted by molar-refractivity contribution is -0.137. The summed E-state index contributed by atoms with van der Waals surface area (Å²) < 4.78 is 44.1. The molecule has 3 aromatic carbocycles. The van der Waals surface area contributed by atoms with Crippen molar-refractivity contribution in [3.05, 3.63) is 83.4 Å². The van der Waals surface area contributed by atoms with E-state index in [1.807, 2.05) is 35.2 Å². The number of aromatic amines is 1. The first kappa shape index (κ1) is 22.5. The highest BCUT2D eigenvalue weighted by Crippen LogP contribution is 2.30. The topological polar surface area (TPSA) is 70.6 Å². The van der Waals surface area contributed by atoms with Crippen molar-refractivity contribution in [2.45, 2.75) is 19.1 Å². The van der Waals surface area contributed by atoms with Crippen LogP contribution in [0.3, 0.4) is 0 Å².